The Labute approximate surface area is 315 Å². The number of amides is 2. The number of nitriles is 2. The Kier molecular flexibility index (Phi) is 10.8. The first-order valence-electron chi connectivity index (χ1n) is 18.8. The molecule has 4 aromatic rings. The van der Waals surface area contributed by atoms with Crippen molar-refractivity contribution in [1.82, 2.24) is 35.2 Å². The average molecular weight is 727 g/mol. The van der Waals surface area contributed by atoms with Gasteiger partial charge in [-0.05, 0) is 94.7 Å². The number of piperidine rings is 1. The molecular weight excluding hydrogens is 681 g/mol. The molecule has 2 atom stereocenters. The number of hydrogen-bond donors (Lipinski definition) is 3. The first-order chi connectivity index (χ1) is 26.2. The molecule has 2 amide bonds. The molecule has 0 spiro atoms. The fourth-order valence-corrected chi connectivity index (χ4v) is 7.79. The number of benzene rings is 1. The lowest BCUT2D eigenvalue weighted by Gasteiger charge is -2.37. The third-order valence-corrected chi connectivity index (χ3v) is 11.3. The molecule has 0 unspecified atom stereocenters. The summed E-state index contributed by atoms with van der Waals surface area (Å²) in [6.45, 7) is 8.84. The van der Waals surface area contributed by atoms with Gasteiger partial charge in [0.15, 0.2) is 0 Å². The monoisotopic (exact) mass is 726 g/mol. The molecule has 0 bridgehead atoms. The maximum atomic E-state index is 12.6. The molecule has 3 N–H and O–H groups in total. The Morgan fingerprint density at radius 1 is 0.981 bits per heavy atom. The first kappa shape index (κ1) is 36.5. The summed E-state index contributed by atoms with van der Waals surface area (Å²) in [4.78, 5) is 38.1. The third-order valence-electron chi connectivity index (χ3n) is 11.3. The van der Waals surface area contributed by atoms with Crippen LogP contribution in [0.5, 0.6) is 0 Å². The van der Waals surface area contributed by atoms with Crippen LogP contribution in [0, 0.1) is 28.6 Å². The van der Waals surface area contributed by atoms with Crippen LogP contribution in [0.3, 0.4) is 0 Å². The summed E-state index contributed by atoms with van der Waals surface area (Å²) in [5.41, 5.74) is 4.30. The van der Waals surface area contributed by atoms with Gasteiger partial charge < -0.3 is 15.5 Å². The van der Waals surface area contributed by atoms with Gasteiger partial charge in [0.05, 0.1) is 40.8 Å². The number of anilines is 4. The van der Waals surface area contributed by atoms with E-state index in [1.54, 1.807) is 29.9 Å². The topological polar surface area (TPSA) is 181 Å². The third kappa shape index (κ3) is 8.19. The smallest absolute Gasteiger partial charge is 0.236 e. The van der Waals surface area contributed by atoms with Crippen LogP contribution in [0.15, 0.2) is 61.1 Å². The van der Waals surface area contributed by atoms with Crippen LogP contribution in [-0.2, 0) is 15.0 Å². The van der Waals surface area contributed by atoms with Crippen LogP contribution < -0.4 is 20.9 Å². The van der Waals surface area contributed by atoms with E-state index in [1.165, 1.54) is 31.1 Å². The van der Waals surface area contributed by atoms with Gasteiger partial charge in [-0.2, -0.15) is 10.5 Å². The molecule has 14 nitrogen and oxygen atoms in total. The fraction of sp³-hybridized carbons (Fsp3) is 0.450. The summed E-state index contributed by atoms with van der Waals surface area (Å²) in [5, 5.41) is 36.5. The Balaban J connectivity index is 0.884. The molecule has 2 aliphatic heterocycles. The summed E-state index contributed by atoms with van der Waals surface area (Å²) < 4.78 is 1.73. The summed E-state index contributed by atoms with van der Waals surface area (Å²) in [6, 6.07) is 17.4. The zero-order valence-electron chi connectivity index (χ0n) is 30.8. The molecule has 278 valence electrons. The van der Waals surface area contributed by atoms with Crippen molar-refractivity contribution in [2.45, 2.75) is 76.2 Å². The molecular formula is C40H46N12O2. The van der Waals surface area contributed by atoms with Crippen molar-refractivity contribution in [3.8, 4) is 17.8 Å². The van der Waals surface area contributed by atoms with E-state index in [0.717, 1.165) is 56.8 Å². The van der Waals surface area contributed by atoms with Gasteiger partial charge in [-0.15, -0.1) is 5.10 Å². The normalized spacial score (nSPS) is 22.5. The van der Waals surface area contributed by atoms with Gasteiger partial charge in [0.25, 0.3) is 0 Å². The number of carbonyl (C=O) groups is 2. The minimum Gasteiger partial charge on any atom is -0.369 e. The average Bonchev–Trinajstić information content (AvgIpc) is 3.70. The fourth-order valence-electron chi connectivity index (χ4n) is 7.79. The van der Waals surface area contributed by atoms with Crippen molar-refractivity contribution >= 4 is 34.8 Å². The lowest BCUT2D eigenvalue weighted by Crippen LogP contribution is -2.49. The van der Waals surface area contributed by atoms with E-state index in [0.29, 0.717) is 53.3 Å². The molecule has 1 saturated carbocycles. The number of rotatable bonds is 11. The zero-order chi connectivity index (χ0) is 37.7. The van der Waals surface area contributed by atoms with E-state index >= 15 is 0 Å². The SMILES string of the molecule is C[C@H](C#N)Nc1cc(Nc2ccc(C#N)cn2)ncc1-n1cc(C2CCC(CCN3CCN(c4ccc([C@@]5(C)CCC(=O)NC5=O)cc4)CC3)CC2)nn1. The number of nitrogens with zero attached hydrogens (tertiary/aromatic N) is 9. The number of aromatic nitrogens is 5. The van der Waals surface area contributed by atoms with Crippen LogP contribution in [-0.4, -0.2) is 80.4 Å². The molecule has 1 aliphatic carbocycles. The summed E-state index contributed by atoms with van der Waals surface area (Å²) in [7, 11) is 0. The quantitative estimate of drug-likeness (QED) is 0.173. The predicted molar refractivity (Wildman–Crippen MR) is 204 cm³/mol. The summed E-state index contributed by atoms with van der Waals surface area (Å²) in [6.07, 6.45) is 11.8. The second-order valence-electron chi connectivity index (χ2n) is 14.9. The highest BCUT2D eigenvalue weighted by Crippen LogP contribution is 2.37. The largest absolute Gasteiger partial charge is 0.369 e. The number of hydrogen-bond acceptors (Lipinski definition) is 12. The highest BCUT2D eigenvalue weighted by atomic mass is 16.2. The van der Waals surface area contributed by atoms with Gasteiger partial charge in [0.2, 0.25) is 11.8 Å². The van der Waals surface area contributed by atoms with Crippen molar-refractivity contribution in [2.75, 3.05) is 48.3 Å². The number of nitrogens with one attached hydrogen (secondary N) is 3. The molecule has 3 aromatic heterocycles. The van der Waals surface area contributed by atoms with Crippen LogP contribution in [0.25, 0.3) is 5.69 Å². The van der Waals surface area contributed by atoms with Crippen molar-refractivity contribution in [3.63, 3.8) is 0 Å². The first-order valence-corrected chi connectivity index (χ1v) is 18.8. The molecule has 0 radical (unpaired) electrons. The Morgan fingerprint density at radius 3 is 2.43 bits per heavy atom. The van der Waals surface area contributed by atoms with Crippen LogP contribution in [0.2, 0.25) is 0 Å². The van der Waals surface area contributed by atoms with Crippen LogP contribution >= 0.6 is 0 Å². The van der Waals surface area contributed by atoms with Gasteiger partial charge in [0, 0.05) is 56.5 Å². The molecule has 3 fully saturated rings. The van der Waals surface area contributed by atoms with E-state index in [4.69, 9.17) is 5.26 Å². The van der Waals surface area contributed by atoms with Gasteiger partial charge >= 0.3 is 0 Å². The zero-order valence-corrected chi connectivity index (χ0v) is 30.8. The lowest BCUT2D eigenvalue weighted by molar-refractivity contribution is -0.137. The number of imide groups is 1. The van der Waals surface area contributed by atoms with E-state index in [-0.39, 0.29) is 11.8 Å². The number of carbonyl (C=O) groups excluding carboxylic acids is 2. The number of pyridine rings is 2. The maximum Gasteiger partial charge on any atom is 0.236 e. The van der Waals surface area contributed by atoms with E-state index < -0.39 is 11.5 Å². The van der Waals surface area contributed by atoms with Crippen molar-refractivity contribution in [3.05, 3.63) is 77.9 Å². The molecule has 5 heterocycles. The molecule has 54 heavy (non-hydrogen) atoms. The second-order valence-corrected chi connectivity index (χ2v) is 14.9. The lowest BCUT2D eigenvalue weighted by atomic mass is 9.75. The van der Waals surface area contributed by atoms with Crippen molar-refractivity contribution in [1.29, 1.82) is 10.5 Å². The van der Waals surface area contributed by atoms with E-state index in [9.17, 15) is 14.9 Å². The summed E-state index contributed by atoms with van der Waals surface area (Å²) in [5.74, 6) is 1.75. The van der Waals surface area contributed by atoms with Crippen molar-refractivity contribution in [2.24, 2.45) is 5.92 Å². The highest BCUT2D eigenvalue weighted by Gasteiger charge is 2.40. The van der Waals surface area contributed by atoms with E-state index in [1.807, 2.05) is 31.3 Å². The van der Waals surface area contributed by atoms with Gasteiger partial charge in [-0.25, -0.2) is 14.6 Å². The van der Waals surface area contributed by atoms with Crippen LogP contribution in [0.4, 0.5) is 23.0 Å². The molecule has 14 heteroatoms. The molecule has 2 saturated heterocycles. The minimum absolute atomic E-state index is 0.190. The molecule has 3 aliphatic rings. The van der Waals surface area contributed by atoms with Gasteiger partial charge in [-0.1, -0.05) is 17.3 Å². The minimum atomic E-state index is -0.667. The Bertz CT molecular complexity index is 2030. The Morgan fingerprint density at radius 2 is 1.74 bits per heavy atom. The number of piperazine rings is 1. The predicted octanol–water partition coefficient (Wildman–Crippen LogP) is 5.18. The van der Waals surface area contributed by atoms with Crippen molar-refractivity contribution < 1.29 is 9.59 Å². The molecule has 7 rings (SSSR count). The summed E-state index contributed by atoms with van der Waals surface area (Å²) >= 11 is 0. The van der Waals surface area contributed by atoms with Gasteiger partial charge in [-0.3, -0.25) is 19.8 Å². The van der Waals surface area contributed by atoms with Crippen LogP contribution in [0.1, 0.15) is 81.5 Å². The maximum absolute atomic E-state index is 12.6. The standard InChI is InChI=1S/C40H46N12O2/c1-27(22-41)45-33-21-37(46-36-12-5-29(23-42)24-43-36)44-25-35(33)52-26-34(48-49-52)30-6-3-28(4-7-30)14-16-50-17-19-51(20-18-50)32-10-8-31(9-11-32)40(2)15-13-38(53)47-39(40)54/h5,8-12,21,24-28,30H,3-4,6-7,13-20H2,1-2H3,(H,47,53,54)(H2,43,44,45,46)/t27-,28?,30?,40-/m1/s1. The van der Waals surface area contributed by atoms with E-state index in [2.05, 4.69) is 70.3 Å². The highest BCUT2D eigenvalue weighted by molar-refractivity contribution is 6.03. The van der Waals surface area contributed by atoms with Gasteiger partial charge in [0.1, 0.15) is 29.4 Å². The molecule has 1 aromatic carbocycles. The second kappa shape index (κ2) is 16.0. The Hall–Kier alpha value is -5.86.